The SMILES string of the molecule is CCCn1ncn(-c2cccc(N)c2)c1=O. The Labute approximate surface area is 93.1 Å². The van der Waals surface area contributed by atoms with E-state index in [4.69, 9.17) is 5.73 Å². The summed E-state index contributed by atoms with van der Waals surface area (Å²) in [5.41, 5.74) is 6.91. The predicted molar refractivity (Wildman–Crippen MR) is 62.5 cm³/mol. The molecular weight excluding hydrogens is 204 g/mol. The van der Waals surface area contributed by atoms with Gasteiger partial charge in [0, 0.05) is 12.2 Å². The largest absolute Gasteiger partial charge is 0.399 e. The van der Waals surface area contributed by atoms with Gasteiger partial charge in [-0.25, -0.2) is 14.0 Å². The van der Waals surface area contributed by atoms with Crippen molar-refractivity contribution in [2.75, 3.05) is 5.73 Å². The van der Waals surface area contributed by atoms with E-state index in [1.165, 1.54) is 15.6 Å². The van der Waals surface area contributed by atoms with E-state index in [2.05, 4.69) is 5.10 Å². The van der Waals surface area contributed by atoms with Crippen molar-refractivity contribution in [3.63, 3.8) is 0 Å². The fourth-order valence-corrected chi connectivity index (χ4v) is 1.55. The molecule has 0 radical (unpaired) electrons. The Morgan fingerprint density at radius 1 is 1.44 bits per heavy atom. The average molecular weight is 218 g/mol. The number of aryl methyl sites for hydroxylation is 1. The summed E-state index contributed by atoms with van der Waals surface area (Å²) in [6.07, 6.45) is 2.40. The Bertz CT molecular complexity index is 541. The fourth-order valence-electron chi connectivity index (χ4n) is 1.55. The standard InChI is InChI=1S/C11H14N4O/c1-2-6-15-11(16)14(8-13-15)10-5-3-4-9(12)7-10/h3-5,7-8H,2,6,12H2,1H3. The van der Waals surface area contributed by atoms with E-state index in [1.807, 2.05) is 19.1 Å². The molecule has 5 nitrogen and oxygen atoms in total. The second-order valence-corrected chi connectivity index (χ2v) is 3.60. The van der Waals surface area contributed by atoms with Crippen LogP contribution < -0.4 is 11.4 Å². The Hall–Kier alpha value is -2.04. The molecule has 2 aromatic rings. The fraction of sp³-hybridized carbons (Fsp3) is 0.273. The number of benzene rings is 1. The van der Waals surface area contributed by atoms with Gasteiger partial charge in [-0.15, -0.1) is 0 Å². The molecule has 0 unspecified atom stereocenters. The smallest absolute Gasteiger partial charge is 0.350 e. The molecule has 0 bridgehead atoms. The third-order valence-electron chi connectivity index (χ3n) is 2.32. The van der Waals surface area contributed by atoms with Crippen molar-refractivity contribution >= 4 is 5.69 Å². The first-order valence-electron chi connectivity index (χ1n) is 5.22. The van der Waals surface area contributed by atoms with Crippen LogP contribution in [-0.2, 0) is 6.54 Å². The number of nitrogen functional groups attached to an aromatic ring is 1. The molecular formula is C11H14N4O. The quantitative estimate of drug-likeness (QED) is 0.782. The highest BCUT2D eigenvalue weighted by Gasteiger charge is 2.05. The molecule has 0 spiro atoms. The summed E-state index contributed by atoms with van der Waals surface area (Å²) in [4.78, 5) is 11.9. The number of hydrogen-bond acceptors (Lipinski definition) is 3. The normalized spacial score (nSPS) is 10.6. The summed E-state index contributed by atoms with van der Waals surface area (Å²) < 4.78 is 2.94. The number of nitrogens with zero attached hydrogens (tertiary/aromatic N) is 3. The number of anilines is 1. The minimum absolute atomic E-state index is 0.132. The van der Waals surface area contributed by atoms with Gasteiger partial charge in [-0.05, 0) is 24.6 Å². The maximum absolute atomic E-state index is 11.9. The van der Waals surface area contributed by atoms with Gasteiger partial charge in [0.05, 0.1) is 5.69 Å². The summed E-state index contributed by atoms with van der Waals surface area (Å²) in [5, 5.41) is 4.04. The van der Waals surface area contributed by atoms with Crippen LogP contribution in [-0.4, -0.2) is 14.3 Å². The molecule has 16 heavy (non-hydrogen) atoms. The molecule has 5 heteroatoms. The zero-order valence-electron chi connectivity index (χ0n) is 9.13. The second-order valence-electron chi connectivity index (χ2n) is 3.60. The Morgan fingerprint density at radius 3 is 2.94 bits per heavy atom. The van der Waals surface area contributed by atoms with E-state index < -0.39 is 0 Å². The Balaban J connectivity index is 2.45. The highest BCUT2D eigenvalue weighted by molar-refractivity contribution is 5.47. The molecule has 0 aliphatic rings. The van der Waals surface area contributed by atoms with E-state index >= 15 is 0 Å². The molecule has 1 aromatic carbocycles. The monoisotopic (exact) mass is 218 g/mol. The average Bonchev–Trinajstić information content (AvgIpc) is 2.61. The van der Waals surface area contributed by atoms with Crippen molar-refractivity contribution in [1.29, 1.82) is 0 Å². The minimum Gasteiger partial charge on any atom is -0.399 e. The Kier molecular flexibility index (Phi) is 2.76. The van der Waals surface area contributed by atoms with E-state index in [1.54, 1.807) is 12.1 Å². The van der Waals surface area contributed by atoms with Crippen molar-refractivity contribution in [3.05, 3.63) is 41.1 Å². The van der Waals surface area contributed by atoms with E-state index in [9.17, 15) is 4.79 Å². The second kappa shape index (κ2) is 4.22. The van der Waals surface area contributed by atoms with Crippen LogP contribution in [0, 0.1) is 0 Å². The van der Waals surface area contributed by atoms with Crippen molar-refractivity contribution in [3.8, 4) is 5.69 Å². The predicted octanol–water partition coefficient (Wildman–Crippen LogP) is 1.03. The summed E-state index contributed by atoms with van der Waals surface area (Å²) in [6, 6.07) is 7.17. The number of rotatable bonds is 3. The molecule has 2 rings (SSSR count). The number of aromatic nitrogens is 3. The summed E-state index contributed by atoms with van der Waals surface area (Å²) in [6.45, 7) is 2.64. The van der Waals surface area contributed by atoms with E-state index in [-0.39, 0.29) is 5.69 Å². The third kappa shape index (κ3) is 1.84. The molecule has 0 amide bonds. The molecule has 0 saturated heterocycles. The lowest BCUT2D eigenvalue weighted by Gasteiger charge is -2.01. The van der Waals surface area contributed by atoms with Crippen molar-refractivity contribution < 1.29 is 0 Å². The van der Waals surface area contributed by atoms with Gasteiger partial charge < -0.3 is 5.73 Å². The molecule has 0 saturated carbocycles. The van der Waals surface area contributed by atoms with Crippen LogP contribution in [0.5, 0.6) is 0 Å². The summed E-state index contributed by atoms with van der Waals surface area (Å²) in [5.74, 6) is 0. The van der Waals surface area contributed by atoms with Crippen LogP contribution in [0.4, 0.5) is 5.69 Å². The summed E-state index contributed by atoms with van der Waals surface area (Å²) >= 11 is 0. The Morgan fingerprint density at radius 2 is 2.25 bits per heavy atom. The highest BCUT2D eigenvalue weighted by Crippen LogP contribution is 2.09. The molecule has 0 atom stereocenters. The van der Waals surface area contributed by atoms with Gasteiger partial charge in [0.15, 0.2) is 0 Å². The van der Waals surface area contributed by atoms with Crippen LogP contribution in [0.2, 0.25) is 0 Å². The molecule has 0 aliphatic heterocycles. The van der Waals surface area contributed by atoms with Gasteiger partial charge in [-0.3, -0.25) is 0 Å². The summed E-state index contributed by atoms with van der Waals surface area (Å²) in [7, 11) is 0. The molecule has 1 heterocycles. The minimum atomic E-state index is -0.132. The maximum Gasteiger partial charge on any atom is 0.350 e. The lowest BCUT2D eigenvalue weighted by Crippen LogP contribution is -2.23. The first kappa shape index (κ1) is 10.5. The van der Waals surface area contributed by atoms with E-state index in [0.717, 1.165) is 12.1 Å². The van der Waals surface area contributed by atoms with Gasteiger partial charge in [-0.1, -0.05) is 13.0 Å². The molecule has 0 fully saturated rings. The lowest BCUT2D eigenvalue weighted by molar-refractivity contribution is 0.578. The van der Waals surface area contributed by atoms with Crippen LogP contribution >= 0.6 is 0 Å². The van der Waals surface area contributed by atoms with Crippen molar-refractivity contribution in [2.45, 2.75) is 19.9 Å². The third-order valence-corrected chi connectivity index (χ3v) is 2.32. The zero-order chi connectivity index (χ0) is 11.5. The molecule has 2 N–H and O–H groups in total. The first-order valence-corrected chi connectivity index (χ1v) is 5.22. The maximum atomic E-state index is 11.9. The molecule has 84 valence electrons. The van der Waals surface area contributed by atoms with Gasteiger partial charge >= 0.3 is 5.69 Å². The van der Waals surface area contributed by atoms with Gasteiger partial charge in [0.1, 0.15) is 6.33 Å². The van der Waals surface area contributed by atoms with Gasteiger partial charge in [0.25, 0.3) is 0 Å². The van der Waals surface area contributed by atoms with Crippen molar-refractivity contribution in [2.24, 2.45) is 0 Å². The molecule has 1 aromatic heterocycles. The lowest BCUT2D eigenvalue weighted by atomic mass is 10.3. The topological polar surface area (TPSA) is 65.8 Å². The van der Waals surface area contributed by atoms with Crippen LogP contribution in [0.15, 0.2) is 35.4 Å². The number of hydrogen-bond donors (Lipinski definition) is 1. The van der Waals surface area contributed by atoms with Crippen LogP contribution in [0.25, 0.3) is 5.69 Å². The van der Waals surface area contributed by atoms with E-state index in [0.29, 0.717) is 12.2 Å². The van der Waals surface area contributed by atoms with Crippen molar-refractivity contribution in [1.82, 2.24) is 14.3 Å². The van der Waals surface area contributed by atoms with Gasteiger partial charge in [-0.2, -0.15) is 5.10 Å². The number of nitrogens with two attached hydrogens (primary N) is 1. The zero-order valence-corrected chi connectivity index (χ0v) is 9.13. The highest BCUT2D eigenvalue weighted by atomic mass is 16.2. The van der Waals surface area contributed by atoms with Crippen LogP contribution in [0.1, 0.15) is 13.3 Å². The van der Waals surface area contributed by atoms with Gasteiger partial charge in [0.2, 0.25) is 0 Å². The van der Waals surface area contributed by atoms with Crippen LogP contribution in [0.3, 0.4) is 0 Å². The molecule has 0 aliphatic carbocycles. The first-order chi connectivity index (χ1) is 7.72.